The Labute approximate surface area is 739 Å². The summed E-state index contributed by atoms with van der Waals surface area (Å²) >= 11 is 1.29. The van der Waals surface area contributed by atoms with Crippen LogP contribution in [0, 0.1) is 30.1 Å². The Morgan fingerprint density at radius 1 is 0.452 bits per heavy atom. The largest absolute Gasteiger partial charge is 0.394 e. The van der Waals surface area contributed by atoms with Gasteiger partial charge in [-0.05, 0) is 159 Å². The van der Waals surface area contributed by atoms with Crippen LogP contribution in [-0.2, 0) is 87.9 Å². The van der Waals surface area contributed by atoms with Crippen molar-refractivity contribution in [2.24, 2.45) is 40.1 Å². The van der Waals surface area contributed by atoms with Crippen molar-refractivity contribution in [1.29, 1.82) is 0 Å². The van der Waals surface area contributed by atoms with Gasteiger partial charge >= 0.3 is 0 Å². The molecule has 0 spiro atoms. The second kappa shape index (κ2) is 60.7. The molecule has 20 atom stereocenters. The zero-order chi connectivity index (χ0) is 95.6. The average molecular weight is 1800 g/mol. The summed E-state index contributed by atoms with van der Waals surface area (Å²) < 4.78 is 0. The highest BCUT2D eigenvalue weighted by molar-refractivity contribution is 7.98. The number of azide groups is 1. The molecule has 0 aromatic heterocycles. The standard InChI is InChI=1S/C81H136N22O22S/c1-15-26-52(69(113)88-45(8)68(112)95-59(39-51-27-18-17-19-28-51)76(120)94-54(30-21-24-34-83)72(116)100-65(48(11)107)79(123)97-58(38-43(5)6)75(119)98-60(41-104)67(84)111)91-70(114)53(29-20-23-33-82)93-74(118)57(37-42(3)4)96-78(122)64(47(10)106)101-73(117)55(31-22-25-35-87-103-85)92-71(115)56(32-36-126-14)90-61(110)40-86-77(121)62(44(7)16-2)99-81(125)66(49(12)108)102-80(124)63(46(9)105)89-50(13)109/h1,17-19,27-28,42-49,52-60,62-66,104-108H,16,20-26,29-41,82-83H2,2-14H3,(H2,84,111)(H,86,121)(H,88,113)(H,89,109)(H,90,110)(H,91,114)(H,92,115)(H,93,118)(H,94,120)(H,95,112)(H,96,122)(H,97,123)(H,98,119)(H,99,125)(H,100,116)(H,101,117)(H,102,124)/t44-,45-,46+,47+,48+,49+,52-,53-,54-,55-,56-,57-,58-,59-,60-,62-,63-,64-,65-,66-/m0/s1. The Morgan fingerprint density at radius 2 is 0.817 bits per heavy atom. The van der Waals surface area contributed by atoms with E-state index in [4.69, 9.17) is 29.2 Å². The summed E-state index contributed by atoms with van der Waals surface area (Å²) in [6.07, 6.45) is 1.62. The number of carbonyl (C=O) groups excluding carboxylic acids is 17. The van der Waals surface area contributed by atoms with Crippen LogP contribution in [0.3, 0.4) is 0 Å². The van der Waals surface area contributed by atoms with Crippen molar-refractivity contribution in [2.45, 2.75) is 294 Å². The van der Waals surface area contributed by atoms with E-state index in [1.807, 2.05) is 0 Å². The molecule has 0 unspecified atom stereocenters. The lowest BCUT2D eigenvalue weighted by Gasteiger charge is -2.29. The second-order valence-electron chi connectivity index (χ2n) is 31.8. The lowest BCUT2D eigenvalue weighted by molar-refractivity contribution is -0.137. The Hall–Kier alpha value is -10.8. The third-order valence-electron chi connectivity index (χ3n) is 19.8. The van der Waals surface area contributed by atoms with E-state index in [1.165, 1.54) is 39.5 Å². The van der Waals surface area contributed by atoms with Crippen LogP contribution in [0.4, 0.5) is 0 Å². The number of rotatable bonds is 62. The van der Waals surface area contributed by atoms with Gasteiger partial charge in [-0.15, -0.1) is 12.3 Å². The van der Waals surface area contributed by atoms with Gasteiger partial charge in [-0.2, -0.15) is 11.8 Å². The summed E-state index contributed by atoms with van der Waals surface area (Å²) in [4.78, 5) is 237. The Bertz CT molecular complexity index is 3810. The lowest BCUT2D eigenvalue weighted by atomic mass is 9.97. The number of aliphatic hydroxyl groups is 5. The van der Waals surface area contributed by atoms with E-state index in [1.54, 1.807) is 78.1 Å². The van der Waals surface area contributed by atoms with Gasteiger partial charge in [0.2, 0.25) is 100 Å². The monoisotopic (exact) mass is 1800 g/mol. The number of carbonyl (C=O) groups is 17. The summed E-state index contributed by atoms with van der Waals surface area (Å²) in [7, 11) is 0. The predicted molar refractivity (Wildman–Crippen MR) is 465 cm³/mol. The highest BCUT2D eigenvalue weighted by Gasteiger charge is 2.41. The Balaban J connectivity index is 3.62. The number of nitrogens with two attached hydrogens (primary N) is 3. The molecule has 0 saturated carbocycles. The molecule has 45 heteroatoms. The first-order chi connectivity index (χ1) is 59.4. The van der Waals surface area contributed by atoms with Gasteiger partial charge in [0.05, 0.1) is 37.6 Å². The SMILES string of the molecule is C#CC[C@H](NC(=O)[C@H](CCCCN)NC(=O)[C@H](CC(C)C)NC(=O)[C@@H](NC(=O)[C@H](CCCCN=[N+]=[N-])NC(=O)[C@H](CCSC)NC(=O)CNC(=O)[C@@H](NC(=O)[C@@H](NC(=O)[C@@H](NC(C)=O)[C@@H](C)O)[C@@H](C)O)[C@@H](C)CC)[C@@H](C)O)C(=O)N[C@@H](C)C(=O)N[C@@H](Cc1ccccc1)C(=O)N[C@@H](CCCCN)C(=O)N[C@H](C(=O)N[C@@H](CC(C)C)C(=O)N[C@@H](CO)C(N)=O)[C@@H](C)O. The molecule has 1 aromatic rings. The molecule has 1 rings (SSSR count). The van der Waals surface area contributed by atoms with Crippen molar-refractivity contribution in [3.8, 4) is 12.3 Å². The summed E-state index contributed by atoms with van der Waals surface area (Å²) in [5, 5.41) is 95.5. The third-order valence-corrected chi connectivity index (χ3v) is 20.4. The third kappa shape index (κ3) is 42.9. The van der Waals surface area contributed by atoms with Gasteiger partial charge in [0.1, 0.15) is 90.6 Å². The minimum absolute atomic E-state index is 0.00576. The summed E-state index contributed by atoms with van der Waals surface area (Å²) in [6, 6.07) is -14.7. The zero-order valence-corrected chi connectivity index (χ0v) is 75.0. The van der Waals surface area contributed by atoms with Crippen LogP contribution in [0.1, 0.15) is 179 Å². The first-order valence-corrected chi connectivity index (χ1v) is 43.6. The van der Waals surface area contributed by atoms with Crippen molar-refractivity contribution in [2.75, 3.05) is 44.8 Å². The summed E-state index contributed by atoms with van der Waals surface area (Å²) in [6.45, 7) is 15.9. The number of unbranched alkanes of at least 4 members (excludes halogenated alkanes) is 3. The van der Waals surface area contributed by atoms with Crippen LogP contribution in [0.5, 0.6) is 0 Å². The molecule has 0 aliphatic carbocycles. The minimum atomic E-state index is -1.86. The number of benzene rings is 1. The van der Waals surface area contributed by atoms with Gasteiger partial charge in [0, 0.05) is 31.2 Å². The number of nitrogens with one attached hydrogen (secondary N) is 16. The molecule has 126 heavy (non-hydrogen) atoms. The highest BCUT2D eigenvalue weighted by Crippen LogP contribution is 2.16. The molecule has 0 saturated heterocycles. The van der Waals surface area contributed by atoms with E-state index in [0.29, 0.717) is 18.4 Å². The zero-order valence-electron chi connectivity index (χ0n) is 74.2. The minimum Gasteiger partial charge on any atom is -0.394 e. The fraction of sp³-hybridized carbons (Fsp3) is 0.691. The first kappa shape index (κ1) is 113. The molecule has 17 amide bonds. The molecule has 708 valence electrons. The van der Waals surface area contributed by atoms with Gasteiger partial charge in [0.15, 0.2) is 0 Å². The fourth-order valence-electron chi connectivity index (χ4n) is 12.5. The number of aliphatic hydroxyl groups excluding tert-OH is 5. The number of terminal acetylenes is 1. The van der Waals surface area contributed by atoms with Crippen LogP contribution in [0.25, 0.3) is 10.4 Å². The van der Waals surface area contributed by atoms with Crippen molar-refractivity contribution >= 4 is 112 Å². The van der Waals surface area contributed by atoms with Gasteiger partial charge in [-0.25, -0.2) is 0 Å². The number of hydrogen-bond acceptors (Lipinski definition) is 26. The van der Waals surface area contributed by atoms with Gasteiger partial charge < -0.3 is 128 Å². The molecule has 1 aromatic carbocycles. The molecule has 0 aliphatic rings. The molecule has 44 nitrogen and oxygen atoms in total. The average Bonchev–Trinajstić information content (AvgIpc) is 0.851. The van der Waals surface area contributed by atoms with Crippen LogP contribution < -0.4 is 102 Å². The molecule has 0 aliphatic heterocycles. The van der Waals surface area contributed by atoms with Crippen molar-refractivity contribution in [1.82, 2.24) is 85.1 Å². The maximum Gasteiger partial charge on any atom is 0.245 e. The maximum atomic E-state index is 14.6. The number of primary amides is 1. The quantitative estimate of drug-likeness (QED) is 0.00950. The second-order valence-corrected chi connectivity index (χ2v) is 32.8. The normalized spacial score (nSPS) is 15.9. The molecular weight excluding hydrogens is 1670 g/mol. The predicted octanol–water partition coefficient (Wildman–Crippen LogP) is -5.69. The smallest absolute Gasteiger partial charge is 0.245 e. The Kier molecular flexibility index (Phi) is 54.5. The number of nitrogens with zero attached hydrogens (tertiary/aromatic N) is 3. The van der Waals surface area contributed by atoms with Crippen molar-refractivity contribution in [3.63, 3.8) is 0 Å². The molecule has 27 N–H and O–H groups in total. The van der Waals surface area contributed by atoms with Crippen LogP contribution in [-0.4, -0.2) is 286 Å². The van der Waals surface area contributed by atoms with Crippen molar-refractivity contribution < 1.29 is 107 Å². The first-order valence-electron chi connectivity index (χ1n) is 42.2. The Morgan fingerprint density at radius 3 is 1.21 bits per heavy atom. The van der Waals surface area contributed by atoms with E-state index in [2.05, 4.69) is 101 Å². The summed E-state index contributed by atoms with van der Waals surface area (Å²) in [5.74, 6) is -15.1. The number of hydrogen-bond donors (Lipinski definition) is 24. The highest BCUT2D eigenvalue weighted by atomic mass is 32.2. The molecule has 0 bridgehead atoms. The van der Waals surface area contributed by atoms with Gasteiger partial charge in [-0.3, -0.25) is 81.5 Å². The van der Waals surface area contributed by atoms with Crippen LogP contribution >= 0.6 is 11.8 Å². The molecule has 0 heterocycles. The molecule has 0 radical (unpaired) electrons. The van der Waals surface area contributed by atoms with E-state index in [0.717, 1.165) is 13.8 Å². The van der Waals surface area contributed by atoms with Gasteiger partial charge in [-0.1, -0.05) is 89.8 Å². The van der Waals surface area contributed by atoms with E-state index >= 15 is 0 Å². The van der Waals surface area contributed by atoms with E-state index in [9.17, 15) is 107 Å². The van der Waals surface area contributed by atoms with Crippen LogP contribution in [0.2, 0.25) is 0 Å². The summed E-state index contributed by atoms with van der Waals surface area (Å²) in [5.41, 5.74) is 26.4. The van der Waals surface area contributed by atoms with Gasteiger partial charge in [0.25, 0.3) is 0 Å². The lowest BCUT2D eigenvalue weighted by Crippen LogP contribution is -2.62. The molecular formula is C81H136N22O22S. The number of thioether (sulfide) groups is 1. The fourth-order valence-corrected chi connectivity index (χ4v) is 13.0. The van der Waals surface area contributed by atoms with Crippen molar-refractivity contribution in [3.05, 3.63) is 46.3 Å². The van der Waals surface area contributed by atoms with E-state index < -0.39 is 241 Å². The van der Waals surface area contributed by atoms with E-state index in [-0.39, 0.29) is 114 Å². The molecule has 0 fully saturated rings. The maximum absolute atomic E-state index is 14.6. The topological polar surface area (TPSA) is 711 Å². The van der Waals surface area contributed by atoms with Crippen LogP contribution in [0.15, 0.2) is 35.4 Å². The number of amides is 17.